The maximum atomic E-state index is 11.4. The van der Waals surface area contributed by atoms with Gasteiger partial charge in [0, 0.05) is 6.04 Å². The molecule has 1 fully saturated rings. The first-order valence-corrected chi connectivity index (χ1v) is 7.44. The van der Waals surface area contributed by atoms with Crippen molar-refractivity contribution in [3.8, 4) is 5.75 Å². The van der Waals surface area contributed by atoms with E-state index in [9.17, 15) is 8.42 Å². The van der Waals surface area contributed by atoms with Crippen LogP contribution in [0, 0.1) is 5.92 Å². The first kappa shape index (κ1) is 12.4. The standard InChI is InChI=1S/C12H17NO3S/c1-16-11-4-2-3-9(7-11)12(13)10-5-6-17(14,15)8-10/h2-4,7,10,12H,5-6,8,13H2,1H3. The van der Waals surface area contributed by atoms with Gasteiger partial charge in [-0.15, -0.1) is 0 Å². The molecule has 1 saturated heterocycles. The van der Waals surface area contributed by atoms with Gasteiger partial charge in [0.05, 0.1) is 18.6 Å². The van der Waals surface area contributed by atoms with Crippen molar-refractivity contribution in [2.45, 2.75) is 12.5 Å². The highest BCUT2D eigenvalue weighted by Crippen LogP contribution is 2.30. The minimum absolute atomic E-state index is 0.0205. The van der Waals surface area contributed by atoms with Crippen LogP contribution in [-0.4, -0.2) is 27.0 Å². The molecule has 0 spiro atoms. The van der Waals surface area contributed by atoms with E-state index in [-0.39, 0.29) is 23.5 Å². The molecule has 1 heterocycles. The van der Waals surface area contributed by atoms with E-state index in [1.165, 1.54) is 0 Å². The lowest BCUT2D eigenvalue weighted by Crippen LogP contribution is -2.22. The Hall–Kier alpha value is -1.07. The quantitative estimate of drug-likeness (QED) is 0.879. The Bertz CT molecular complexity index is 498. The molecule has 0 bridgehead atoms. The molecule has 4 nitrogen and oxygen atoms in total. The molecule has 2 unspecified atom stereocenters. The highest BCUT2D eigenvalue weighted by atomic mass is 32.2. The molecule has 1 aromatic carbocycles. The first-order valence-electron chi connectivity index (χ1n) is 5.62. The van der Waals surface area contributed by atoms with E-state index in [1.807, 2.05) is 24.3 Å². The van der Waals surface area contributed by atoms with Gasteiger partial charge >= 0.3 is 0 Å². The van der Waals surface area contributed by atoms with Gasteiger partial charge < -0.3 is 10.5 Å². The predicted octanol–water partition coefficient (Wildman–Crippen LogP) is 1.13. The highest BCUT2D eigenvalue weighted by Gasteiger charge is 2.32. The smallest absolute Gasteiger partial charge is 0.150 e. The second-order valence-corrected chi connectivity index (χ2v) is 6.69. The molecule has 0 radical (unpaired) electrons. The van der Waals surface area contributed by atoms with Crippen molar-refractivity contribution in [3.05, 3.63) is 29.8 Å². The van der Waals surface area contributed by atoms with Crippen LogP contribution in [-0.2, 0) is 9.84 Å². The lowest BCUT2D eigenvalue weighted by atomic mass is 9.93. The van der Waals surface area contributed by atoms with E-state index in [0.717, 1.165) is 11.3 Å². The Morgan fingerprint density at radius 1 is 1.47 bits per heavy atom. The van der Waals surface area contributed by atoms with Crippen LogP contribution in [0.25, 0.3) is 0 Å². The van der Waals surface area contributed by atoms with Gasteiger partial charge in [0.15, 0.2) is 9.84 Å². The predicted molar refractivity (Wildman–Crippen MR) is 66.7 cm³/mol. The molecule has 5 heteroatoms. The van der Waals surface area contributed by atoms with E-state index in [4.69, 9.17) is 10.5 Å². The van der Waals surface area contributed by atoms with E-state index in [2.05, 4.69) is 0 Å². The van der Waals surface area contributed by atoms with Gasteiger partial charge in [-0.25, -0.2) is 8.42 Å². The van der Waals surface area contributed by atoms with Gasteiger partial charge in [0.25, 0.3) is 0 Å². The molecule has 2 atom stereocenters. The Morgan fingerprint density at radius 2 is 2.24 bits per heavy atom. The van der Waals surface area contributed by atoms with E-state index >= 15 is 0 Å². The van der Waals surface area contributed by atoms with Crippen LogP contribution in [0.1, 0.15) is 18.0 Å². The number of hydrogen-bond donors (Lipinski definition) is 1. The average Bonchev–Trinajstić information content (AvgIpc) is 2.69. The number of sulfone groups is 1. The minimum atomic E-state index is -2.88. The number of rotatable bonds is 3. The monoisotopic (exact) mass is 255 g/mol. The third kappa shape index (κ3) is 2.79. The molecule has 0 aromatic heterocycles. The van der Waals surface area contributed by atoms with Gasteiger partial charge in [-0.3, -0.25) is 0 Å². The zero-order valence-electron chi connectivity index (χ0n) is 9.80. The fraction of sp³-hybridized carbons (Fsp3) is 0.500. The Morgan fingerprint density at radius 3 is 2.82 bits per heavy atom. The number of nitrogens with two attached hydrogens (primary N) is 1. The van der Waals surface area contributed by atoms with E-state index in [1.54, 1.807) is 7.11 Å². The van der Waals surface area contributed by atoms with Crippen LogP contribution < -0.4 is 10.5 Å². The van der Waals surface area contributed by atoms with E-state index in [0.29, 0.717) is 6.42 Å². The molecule has 1 aromatic rings. The lowest BCUT2D eigenvalue weighted by molar-refractivity contribution is 0.411. The topological polar surface area (TPSA) is 69.4 Å². The molecule has 0 amide bonds. The zero-order valence-corrected chi connectivity index (χ0v) is 10.6. The van der Waals surface area contributed by atoms with Crippen molar-refractivity contribution < 1.29 is 13.2 Å². The van der Waals surface area contributed by atoms with Gasteiger partial charge in [-0.1, -0.05) is 12.1 Å². The fourth-order valence-corrected chi connectivity index (χ4v) is 4.08. The van der Waals surface area contributed by atoms with Crippen molar-refractivity contribution in [1.82, 2.24) is 0 Å². The van der Waals surface area contributed by atoms with Crippen molar-refractivity contribution in [2.75, 3.05) is 18.6 Å². The fourth-order valence-electron chi connectivity index (χ4n) is 2.23. The van der Waals surface area contributed by atoms with Crippen molar-refractivity contribution >= 4 is 9.84 Å². The molecule has 1 aliphatic heterocycles. The van der Waals surface area contributed by atoms with Crippen LogP contribution in [0.15, 0.2) is 24.3 Å². The summed E-state index contributed by atoms with van der Waals surface area (Å²) in [5.74, 6) is 1.23. The SMILES string of the molecule is COc1cccc(C(N)C2CCS(=O)(=O)C2)c1. The van der Waals surface area contributed by atoms with Crippen LogP contribution in [0.4, 0.5) is 0 Å². The summed E-state index contributed by atoms with van der Waals surface area (Å²) in [6, 6.07) is 7.27. The summed E-state index contributed by atoms with van der Waals surface area (Å²) < 4.78 is 28.0. The van der Waals surface area contributed by atoms with Crippen LogP contribution in [0.2, 0.25) is 0 Å². The molecule has 2 rings (SSSR count). The van der Waals surface area contributed by atoms with Crippen molar-refractivity contribution in [2.24, 2.45) is 11.7 Å². The van der Waals surface area contributed by atoms with Crippen LogP contribution in [0.5, 0.6) is 5.75 Å². The van der Waals surface area contributed by atoms with Gasteiger partial charge in [-0.2, -0.15) is 0 Å². The van der Waals surface area contributed by atoms with Crippen molar-refractivity contribution in [1.29, 1.82) is 0 Å². The summed E-state index contributed by atoms with van der Waals surface area (Å²) in [5, 5.41) is 0. The summed E-state index contributed by atoms with van der Waals surface area (Å²) in [6.45, 7) is 0. The molecular formula is C12H17NO3S. The number of benzene rings is 1. The number of methoxy groups -OCH3 is 1. The zero-order chi connectivity index (χ0) is 12.5. The summed E-state index contributed by atoms with van der Waals surface area (Å²) >= 11 is 0. The summed E-state index contributed by atoms with van der Waals surface area (Å²) in [7, 11) is -1.27. The first-order chi connectivity index (χ1) is 8.02. The van der Waals surface area contributed by atoms with Gasteiger partial charge in [0.1, 0.15) is 5.75 Å². The molecular weight excluding hydrogens is 238 g/mol. The summed E-state index contributed by atoms with van der Waals surface area (Å²) in [4.78, 5) is 0. The average molecular weight is 255 g/mol. The number of ether oxygens (including phenoxy) is 1. The molecule has 2 N–H and O–H groups in total. The molecule has 0 saturated carbocycles. The molecule has 0 aliphatic carbocycles. The number of hydrogen-bond acceptors (Lipinski definition) is 4. The second-order valence-electron chi connectivity index (χ2n) is 4.47. The molecule has 17 heavy (non-hydrogen) atoms. The largest absolute Gasteiger partial charge is 0.497 e. The summed E-state index contributed by atoms with van der Waals surface area (Å²) in [5.41, 5.74) is 7.06. The summed E-state index contributed by atoms with van der Waals surface area (Å²) in [6.07, 6.45) is 0.653. The lowest BCUT2D eigenvalue weighted by Gasteiger charge is -2.18. The maximum Gasteiger partial charge on any atom is 0.150 e. The maximum absolute atomic E-state index is 11.4. The highest BCUT2D eigenvalue weighted by molar-refractivity contribution is 7.91. The van der Waals surface area contributed by atoms with Crippen LogP contribution >= 0.6 is 0 Å². The second kappa shape index (κ2) is 4.66. The van der Waals surface area contributed by atoms with Crippen molar-refractivity contribution in [3.63, 3.8) is 0 Å². The molecule has 94 valence electrons. The molecule has 1 aliphatic rings. The Balaban J connectivity index is 2.17. The third-order valence-corrected chi connectivity index (χ3v) is 5.05. The van der Waals surface area contributed by atoms with Crippen LogP contribution in [0.3, 0.4) is 0 Å². The normalized spacial score (nSPS) is 24.5. The Labute approximate surface area is 102 Å². The Kier molecular flexibility index (Phi) is 3.40. The van der Waals surface area contributed by atoms with Gasteiger partial charge in [-0.05, 0) is 30.0 Å². The van der Waals surface area contributed by atoms with Gasteiger partial charge in [0.2, 0.25) is 0 Å². The van der Waals surface area contributed by atoms with E-state index < -0.39 is 9.84 Å². The third-order valence-electron chi connectivity index (χ3n) is 3.25. The minimum Gasteiger partial charge on any atom is -0.497 e.